The quantitative estimate of drug-likeness (QED) is 0.121. The Bertz CT molecular complexity index is 1510. The van der Waals surface area contributed by atoms with E-state index < -0.39 is 74.3 Å². The summed E-state index contributed by atoms with van der Waals surface area (Å²) in [5.41, 5.74) is 2.54. The average Bonchev–Trinajstić information content (AvgIpc) is 3.38. The second-order valence-corrected chi connectivity index (χ2v) is 11.5. The van der Waals surface area contributed by atoms with E-state index in [0.29, 0.717) is 24.0 Å². The fourth-order valence-electron chi connectivity index (χ4n) is 6.05. The second-order valence-electron chi connectivity index (χ2n) is 11.5. The molecular weight excluding hydrogens is 602 g/mol. The summed E-state index contributed by atoms with van der Waals surface area (Å²) in [5.74, 6) is 11.4. The Kier molecular flexibility index (Phi) is 11.0. The van der Waals surface area contributed by atoms with Crippen molar-refractivity contribution in [3.8, 4) is 23.7 Å². The van der Waals surface area contributed by atoms with Gasteiger partial charge in [0.2, 0.25) is 0 Å². The molecule has 2 aromatic carbocycles. The Morgan fingerprint density at radius 3 is 1.37 bits per heavy atom. The van der Waals surface area contributed by atoms with E-state index in [0.717, 1.165) is 21.8 Å². The minimum absolute atomic E-state index is 0.140. The van der Waals surface area contributed by atoms with E-state index in [2.05, 4.69) is 23.7 Å². The molecule has 13 heteroatoms. The molecule has 248 valence electrons. The molecular formula is C33H39NO12. The topological polar surface area (TPSA) is 226 Å². The second kappa shape index (κ2) is 14.8. The number of hydrogen-bond acceptors (Lipinski definition) is 12. The zero-order chi connectivity index (χ0) is 33.1. The summed E-state index contributed by atoms with van der Waals surface area (Å²) >= 11 is 0. The van der Waals surface area contributed by atoms with E-state index >= 15 is 0 Å². The molecule has 10 N–H and O–H groups in total. The van der Waals surface area contributed by atoms with Crippen LogP contribution >= 0.6 is 0 Å². The van der Waals surface area contributed by atoms with Crippen molar-refractivity contribution in [1.29, 1.82) is 0 Å². The third kappa shape index (κ3) is 6.65. The zero-order valence-corrected chi connectivity index (χ0v) is 24.8. The van der Waals surface area contributed by atoms with Crippen LogP contribution in [0.25, 0.3) is 21.8 Å². The summed E-state index contributed by atoms with van der Waals surface area (Å²) in [6.07, 6.45) is -12.9. The van der Waals surface area contributed by atoms with Crippen molar-refractivity contribution in [3.05, 3.63) is 47.5 Å². The van der Waals surface area contributed by atoms with Crippen LogP contribution in [-0.2, 0) is 9.47 Å². The fourth-order valence-corrected chi connectivity index (χ4v) is 6.05. The normalized spacial score (nSPS) is 31.5. The highest BCUT2D eigenvalue weighted by Crippen LogP contribution is 2.35. The van der Waals surface area contributed by atoms with Crippen molar-refractivity contribution in [1.82, 2.24) is 4.57 Å². The number of hydrogen-bond donors (Lipinski definition) is 10. The number of nitrogens with zero attached hydrogens (tertiary/aromatic N) is 1. The molecule has 5 rings (SSSR count). The Morgan fingerprint density at radius 1 is 0.587 bits per heavy atom. The first-order valence-electron chi connectivity index (χ1n) is 15.1. The molecule has 13 nitrogen and oxygen atoms in total. The maximum Gasteiger partial charge on any atom is 0.147 e. The van der Waals surface area contributed by atoms with Gasteiger partial charge in [0.05, 0.1) is 24.2 Å². The minimum atomic E-state index is -1.55. The van der Waals surface area contributed by atoms with Crippen molar-refractivity contribution < 1.29 is 60.5 Å². The molecule has 3 aromatic rings. The van der Waals surface area contributed by atoms with Gasteiger partial charge in [-0.3, -0.25) is 0 Å². The van der Waals surface area contributed by atoms with Crippen LogP contribution in [0, 0.1) is 23.7 Å². The summed E-state index contributed by atoms with van der Waals surface area (Å²) in [6.45, 7) is -1.42. The molecule has 1 aromatic heterocycles. The first-order valence-corrected chi connectivity index (χ1v) is 15.1. The van der Waals surface area contributed by atoms with Crippen LogP contribution in [-0.4, -0.2) is 143 Å². The highest BCUT2D eigenvalue weighted by molar-refractivity contribution is 6.08. The monoisotopic (exact) mass is 641 g/mol. The zero-order valence-electron chi connectivity index (χ0n) is 24.8. The molecule has 2 aliphatic heterocycles. The van der Waals surface area contributed by atoms with Gasteiger partial charge in [0.25, 0.3) is 0 Å². The van der Waals surface area contributed by atoms with Crippen LogP contribution in [0.15, 0.2) is 36.4 Å². The number of ether oxygens (including phenoxy) is 2. The molecule has 0 radical (unpaired) electrons. The Labute approximate surface area is 264 Å². The molecule has 0 spiro atoms. The molecule has 0 saturated carbocycles. The fraction of sp³-hybridized carbons (Fsp3) is 0.515. The number of benzene rings is 2. The Morgan fingerprint density at radius 2 is 1.00 bits per heavy atom. The molecule has 2 saturated heterocycles. The molecule has 0 bridgehead atoms. The average molecular weight is 642 g/mol. The standard InChI is InChI=1S/C33H39NO12/c35-11-9-19(10-12-36)34-22-13-17(3-7-24-28(39)32(43)30(41)26(15-37)45-24)1-5-20(22)21-6-2-18(14-23(21)34)4-8-25-29(40)33(44)31(42)27(16-38)46-25/h1-2,5-6,13-14,19,24-33,35-44H,9-12,15-16H2/t24-,25-,26-,27-,28-,29-,30-,31-,32-,33-/m1/s1. The number of aliphatic hydroxyl groups excluding tert-OH is 10. The number of rotatable bonds is 7. The van der Waals surface area contributed by atoms with Gasteiger partial charge in [-0.15, -0.1) is 0 Å². The van der Waals surface area contributed by atoms with E-state index in [4.69, 9.17) is 9.47 Å². The van der Waals surface area contributed by atoms with Gasteiger partial charge in [-0.05, 0) is 37.1 Å². The van der Waals surface area contributed by atoms with Gasteiger partial charge >= 0.3 is 0 Å². The third-order valence-electron chi connectivity index (χ3n) is 8.60. The van der Waals surface area contributed by atoms with E-state index in [9.17, 15) is 51.1 Å². The lowest BCUT2D eigenvalue weighted by Gasteiger charge is -2.37. The molecule has 10 atom stereocenters. The van der Waals surface area contributed by atoms with Crippen LogP contribution in [0.4, 0.5) is 0 Å². The van der Waals surface area contributed by atoms with E-state index in [1.807, 2.05) is 28.8 Å². The van der Waals surface area contributed by atoms with E-state index in [1.165, 1.54) is 0 Å². The summed E-state index contributed by atoms with van der Waals surface area (Å²) in [5, 5.41) is 101. The van der Waals surface area contributed by atoms with Gasteiger partial charge in [-0.1, -0.05) is 35.8 Å². The van der Waals surface area contributed by atoms with Gasteiger partial charge in [-0.25, -0.2) is 0 Å². The van der Waals surface area contributed by atoms with Gasteiger partial charge in [-0.2, -0.15) is 0 Å². The van der Waals surface area contributed by atoms with E-state index in [-0.39, 0.29) is 19.3 Å². The van der Waals surface area contributed by atoms with Crippen molar-refractivity contribution >= 4 is 21.8 Å². The molecule has 3 heterocycles. The van der Waals surface area contributed by atoms with Crippen LogP contribution in [0.2, 0.25) is 0 Å². The van der Waals surface area contributed by atoms with Crippen molar-refractivity contribution in [2.75, 3.05) is 26.4 Å². The van der Waals surface area contributed by atoms with Gasteiger partial charge in [0.1, 0.15) is 61.0 Å². The Balaban J connectivity index is 1.55. The number of aliphatic hydroxyl groups is 10. The lowest BCUT2D eigenvalue weighted by atomic mass is 9.95. The van der Waals surface area contributed by atoms with Crippen LogP contribution in [0.5, 0.6) is 0 Å². The minimum Gasteiger partial charge on any atom is -0.396 e. The molecule has 0 aliphatic carbocycles. The van der Waals surface area contributed by atoms with Crippen molar-refractivity contribution in [2.24, 2.45) is 0 Å². The summed E-state index contributed by atoms with van der Waals surface area (Å²) in [7, 11) is 0. The number of fused-ring (bicyclic) bond motifs is 3. The molecule has 0 unspecified atom stereocenters. The van der Waals surface area contributed by atoms with Crippen molar-refractivity contribution in [2.45, 2.75) is 79.9 Å². The predicted molar refractivity (Wildman–Crippen MR) is 163 cm³/mol. The SMILES string of the molecule is OCCC(CCO)n1c2cc(C#C[C@H]3O[C@H](CO)[C@@H](O)[C@H](O)[C@@H]3O)ccc2c2ccc(C#C[C@H]3O[C@H](CO)[C@@H](O)[C@H](O)[C@@H]3O)cc21. The first-order chi connectivity index (χ1) is 22.1. The largest absolute Gasteiger partial charge is 0.396 e. The maximum absolute atomic E-state index is 10.4. The lowest BCUT2D eigenvalue weighted by molar-refractivity contribution is -0.214. The van der Waals surface area contributed by atoms with Gasteiger partial charge in [0.15, 0.2) is 0 Å². The van der Waals surface area contributed by atoms with Gasteiger partial charge in [0, 0.05) is 41.2 Å². The summed E-state index contributed by atoms with van der Waals surface area (Å²) in [4.78, 5) is 0. The smallest absolute Gasteiger partial charge is 0.147 e. The van der Waals surface area contributed by atoms with Gasteiger partial charge < -0.3 is 65.1 Å². The molecule has 2 aliphatic rings. The van der Waals surface area contributed by atoms with E-state index in [1.54, 1.807) is 12.1 Å². The Hall–Kier alpha value is -3.12. The highest BCUT2D eigenvalue weighted by Gasteiger charge is 2.43. The number of aromatic nitrogens is 1. The molecule has 46 heavy (non-hydrogen) atoms. The van der Waals surface area contributed by atoms with Crippen molar-refractivity contribution in [3.63, 3.8) is 0 Å². The van der Waals surface area contributed by atoms with Crippen LogP contribution in [0.1, 0.15) is 30.0 Å². The predicted octanol–water partition coefficient (Wildman–Crippen LogP) is -2.51. The maximum atomic E-state index is 10.4. The molecule has 2 fully saturated rings. The highest BCUT2D eigenvalue weighted by atomic mass is 16.5. The molecule has 0 amide bonds. The summed E-state index contributed by atoms with van der Waals surface area (Å²) in [6, 6.07) is 10.6. The van der Waals surface area contributed by atoms with Crippen LogP contribution in [0.3, 0.4) is 0 Å². The third-order valence-corrected chi connectivity index (χ3v) is 8.60. The van der Waals surface area contributed by atoms with Crippen LogP contribution < -0.4 is 0 Å². The lowest BCUT2D eigenvalue weighted by Crippen LogP contribution is -2.58. The first kappa shape index (κ1) is 34.2. The summed E-state index contributed by atoms with van der Waals surface area (Å²) < 4.78 is 13.0.